The Hall–Kier alpha value is -1.64. The lowest BCUT2D eigenvalue weighted by atomic mass is 9.67. The van der Waals surface area contributed by atoms with E-state index in [9.17, 15) is 9.59 Å². The number of benzene rings is 1. The molecule has 2 aliphatic carbocycles. The highest BCUT2D eigenvalue weighted by molar-refractivity contribution is 5.95. The fourth-order valence-corrected chi connectivity index (χ4v) is 3.82. The van der Waals surface area contributed by atoms with Crippen LogP contribution in [0.5, 0.6) is 0 Å². The number of amides is 1. The first-order valence-corrected chi connectivity index (χ1v) is 7.97. The minimum Gasteiger partial charge on any atom is -0.326 e. The molecule has 0 saturated heterocycles. The van der Waals surface area contributed by atoms with Crippen LogP contribution in [0.3, 0.4) is 0 Å². The number of Topliss-reactive ketones (excluding diaryl/α,β-unsaturated/α-hetero) is 1. The molecule has 1 amide bonds. The predicted molar refractivity (Wildman–Crippen MR) is 83.1 cm³/mol. The molecule has 1 aromatic rings. The van der Waals surface area contributed by atoms with Crippen LogP contribution in [0.25, 0.3) is 0 Å². The lowest BCUT2D eigenvalue weighted by Crippen LogP contribution is -2.40. The number of carbonyl (C=O) groups excluding carboxylic acids is 2. The fraction of sp³-hybridized carbons (Fsp3) is 0.556. The third-order valence-corrected chi connectivity index (χ3v) is 5.28. The van der Waals surface area contributed by atoms with E-state index in [2.05, 4.69) is 18.3 Å². The van der Waals surface area contributed by atoms with Gasteiger partial charge in [-0.2, -0.15) is 0 Å². The van der Waals surface area contributed by atoms with Gasteiger partial charge in [0, 0.05) is 23.4 Å². The summed E-state index contributed by atoms with van der Waals surface area (Å²) in [5.41, 5.74) is 3.21. The molecule has 112 valence electrons. The summed E-state index contributed by atoms with van der Waals surface area (Å²) in [6.45, 7) is 4.08. The summed E-state index contributed by atoms with van der Waals surface area (Å²) in [7, 11) is 0. The average Bonchev–Trinajstić information content (AvgIpc) is 2.43. The SMILES string of the molecule is Cc1cccc(NC(=O)C2CC3CCCC(C2)C3=O)c1C. The van der Waals surface area contributed by atoms with Crippen molar-refractivity contribution in [2.45, 2.75) is 46.0 Å². The monoisotopic (exact) mass is 285 g/mol. The number of hydrogen-bond acceptors (Lipinski definition) is 2. The van der Waals surface area contributed by atoms with Gasteiger partial charge in [-0.1, -0.05) is 18.6 Å². The molecule has 0 aliphatic heterocycles. The summed E-state index contributed by atoms with van der Waals surface area (Å²) in [6, 6.07) is 5.97. The number of hydrogen-bond donors (Lipinski definition) is 1. The number of anilines is 1. The van der Waals surface area contributed by atoms with E-state index >= 15 is 0 Å². The number of nitrogens with one attached hydrogen (secondary N) is 1. The zero-order valence-corrected chi connectivity index (χ0v) is 12.8. The minimum absolute atomic E-state index is 0.00193. The molecular weight excluding hydrogens is 262 g/mol. The predicted octanol–water partition coefficient (Wildman–Crippen LogP) is 3.64. The lowest BCUT2D eigenvalue weighted by Gasteiger charge is -2.37. The number of rotatable bonds is 2. The van der Waals surface area contributed by atoms with Crippen LogP contribution in [0, 0.1) is 31.6 Å². The summed E-state index contributed by atoms with van der Waals surface area (Å²) < 4.78 is 0. The third kappa shape index (κ3) is 2.74. The van der Waals surface area contributed by atoms with Crippen LogP contribution in [0.15, 0.2) is 18.2 Å². The van der Waals surface area contributed by atoms with Gasteiger partial charge >= 0.3 is 0 Å². The second kappa shape index (κ2) is 5.63. The number of fused-ring (bicyclic) bond motifs is 2. The van der Waals surface area contributed by atoms with Crippen LogP contribution in [0.1, 0.15) is 43.2 Å². The van der Waals surface area contributed by atoms with Crippen LogP contribution in [-0.2, 0) is 9.59 Å². The highest BCUT2D eigenvalue weighted by Crippen LogP contribution is 2.40. The van der Waals surface area contributed by atoms with Gasteiger partial charge in [-0.25, -0.2) is 0 Å². The Morgan fingerprint density at radius 1 is 1.14 bits per heavy atom. The van der Waals surface area contributed by atoms with Gasteiger partial charge in [-0.15, -0.1) is 0 Å². The quantitative estimate of drug-likeness (QED) is 0.901. The van der Waals surface area contributed by atoms with Gasteiger partial charge in [-0.05, 0) is 56.7 Å². The molecule has 0 aromatic heterocycles. The fourth-order valence-electron chi connectivity index (χ4n) is 3.82. The Bertz CT molecular complexity index is 563. The molecule has 3 nitrogen and oxygen atoms in total. The second-order valence-electron chi connectivity index (χ2n) is 6.63. The molecule has 2 atom stereocenters. The van der Waals surface area contributed by atoms with Gasteiger partial charge in [0.05, 0.1) is 0 Å². The molecule has 2 fully saturated rings. The first kappa shape index (κ1) is 14.3. The Labute approximate surface area is 126 Å². The van der Waals surface area contributed by atoms with Crippen LogP contribution in [-0.4, -0.2) is 11.7 Å². The molecule has 0 spiro atoms. The van der Waals surface area contributed by atoms with Crippen LogP contribution in [0.4, 0.5) is 5.69 Å². The van der Waals surface area contributed by atoms with Gasteiger partial charge < -0.3 is 5.32 Å². The molecule has 3 rings (SSSR count). The summed E-state index contributed by atoms with van der Waals surface area (Å²) in [5, 5.41) is 3.07. The molecule has 21 heavy (non-hydrogen) atoms. The normalized spacial score (nSPS) is 28.3. The van der Waals surface area contributed by atoms with Crippen molar-refractivity contribution >= 4 is 17.4 Å². The van der Waals surface area contributed by atoms with Crippen molar-refractivity contribution in [2.75, 3.05) is 5.32 Å². The van der Waals surface area contributed by atoms with Crippen LogP contribution < -0.4 is 5.32 Å². The highest BCUT2D eigenvalue weighted by Gasteiger charge is 2.41. The van der Waals surface area contributed by atoms with E-state index in [1.807, 2.05) is 19.1 Å². The molecule has 1 N–H and O–H groups in total. The van der Waals surface area contributed by atoms with Gasteiger partial charge in [0.1, 0.15) is 5.78 Å². The maximum atomic E-state index is 12.5. The maximum absolute atomic E-state index is 12.5. The van der Waals surface area contributed by atoms with Gasteiger partial charge in [0.15, 0.2) is 0 Å². The van der Waals surface area contributed by atoms with E-state index in [0.29, 0.717) is 5.78 Å². The number of aryl methyl sites for hydroxylation is 1. The summed E-state index contributed by atoms with van der Waals surface area (Å²) in [6.07, 6.45) is 4.58. The highest BCUT2D eigenvalue weighted by atomic mass is 16.2. The molecular formula is C18H23NO2. The molecule has 2 saturated carbocycles. The van der Waals surface area contributed by atoms with E-state index < -0.39 is 0 Å². The largest absolute Gasteiger partial charge is 0.326 e. The molecule has 3 heteroatoms. The van der Waals surface area contributed by atoms with Gasteiger partial charge in [0.25, 0.3) is 0 Å². The van der Waals surface area contributed by atoms with Crippen molar-refractivity contribution in [1.29, 1.82) is 0 Å². The first-order valence-electron chi connectivity index (χ1n) is 7.97. The standard InChI is InChI=1S/C18H23NO2/c1-11-5-3-8-16(12(11)2)19-18(21)15-9-13-6-4-7-14(10-15)17(13)20/h3,5,8,13-15H,4,6-7,9-10H2,1-2H3,(H,19,21). The van der Waals surface area contributed by atoms with E-state index in [-0.39, 0.29) is 23.7 Å². The molecule has 2 aliphatic rings. The van der Waals surface area contributed by atoms with Gasteiger partial charge in [-0.3, -0.25) is 9.59 Å². The molecule has 0 radical (unpaired) electrons. The van der Waals surface area contributed by atoms with E-state index in [0.717, 1.165) is 43.4 Å². The lowest BCUT2D eigenvalue weighted by molar-refractivity contribution is -0.136. The van der Waals surface area contributed by atoms with Crippen LogP contribution >= 0.6 is 0 Å². The minimum atomic E-state index is -0.00193. The average molecular weight is 285 g/mol. The molecule has 2 bridgehead atoms. The second-order valence-corrected chi connectivity index (χ2v) is 6.63. The smallest absolute Gasteiger partial charge is 0.227 e. The topological polar surface area (TPSA) is 46.2 Å². The Morgan fingerprint density at radius 2 is 1.81 bits per heavy atom. The summed E-state index contributed by atoms with van der Waals surface area (Å²) in [5.74, 6) is 0.766. The zero-order chi connectivity index (χ0) is 15.0. The number of carbonyl (C=O) groups is 2. The zero-order valence-electron chi connectivity index (χ0n) is 12.8. The van der Waals surface area contributed by atoms with E-state index in [1.165, 1.54) is 5.56 Å². The van der Waals surface area contributed by atoms with Crippen molar-refractivity contribution in [3.8, 4) is 0 Å². The van der Waals surface area contributed by atoms with E-state index in [1.54, 1.807) is 0 Å². The van der Waals surface area contributed by atoms with Crippen molar-refractivity contribution in [3.05, 3.63) is 29.3 Å². The Balaban J connectivity index is 1.71. The number of ketones is 1. The summed E-state index contributed by atoms with van der Waals surface area (Å²) in [4.78, 5) is 24.6. The van der Waals surface area contributed by atoms with Crippen molar-refractivity contribution in [1.82, 2.24) is 0 Å². The van der Waals surface area contributed by atoms with Crippen LogP contribution in [0.2, 0.25) is 0 Å². The van der Waals surface area contributed by atoms with Crippen molar-refractivity contribution < 1.29 is 9.59 Å². The Kier molecular flexibility index (Phi) is 3.83. The third-order valence-electron chi connectivity index (χ3n) is 5.28. The molecule has 0 heterocycles. The Morgan fingerprint density at radius 3 is 2.48 bits per heavy atom. The molecule has 1 aromatic carbocycles. The van der Waals surface area contributed by atoms with Gasteiger partial charge in [0.2, 0.25) is 5.91 Å². The molecule has 2 unspecified atom stereocenters. The maximum Gasteiger partial charge on any atom is 0.227 e. The van der Waals surface area contributed by atoms with Crippen molar-refractivity contribution in [2.24, 2.45) is 17.8 Å². The first-order chi connectivity index (χ1) is 10.1. The summed E-state index contributed by atoms with van der Waals surface area (Å²) >= 11 is 0. The van der Waals surface area contributed by atoms with E-state index in [4.69, 9.17) is 0 Å². The van der Waals surface area contributed by atoms with Crippen molar-refractivity contribution in [3.63, 3.8) is 0 Å².